The molecule has 4 heteroatoms. The van der Waals surface area contributed by atoms with Crippen LogP contribution in [0.15, 0.2) is 16.6 Å². The summed E-state index contributed by atoms with van der Waals surface area (Å²) in [6.07, 6.45) is 5.26. The second-order valence-electron chi connectivity index (χ2n) is 5.51. The predicted molar refractivity (Wildman–Crippen MR) is 92.3 cm³/mol. The van der Waals surface area contributed by atoms with Crippen LogP contribution in [0.3, 0.4) is 0 Å². The molecule has 1 aromatic carbocycles. The molecule has 0 aromatic heterocycles. The second-order valence-corrected chi connectivity index (χ2v) is 6.37. The summed E-state index contributed by atoms with van der Waals surface area (Å²) in [4.78, 5) is 0. The Labute approximate surface area is 137 Å². The summed E-state index contributed by atoms with van der Waals surface area (Å²) in [5.41, 5.74) is 1.20. The van der Waals surface area contributed by atoms with E-state index in [1.807, 2.05) is 19.9 Å². The van der Waals surface area contributed by atoms with Gasteiger partial charge in [-0.25, -0.2) is 0 Å². The van der Waals surface area contributed by atoms with E-state index in [4.69, 9.17) is 9.47 Å². The maximum absolute atomic E-state index is 5.80. The molecular formula is C17H28BrNO2. The van der Waals surface area contributed by atoms with Crippen LogP contribution in [0.4, 0.5) is 0 Å². The normalized spacial score (nSPS) is 11.0. The maximum Gasteiger partial charge on any atom is 0.175 e. The van der Waals surface area contributed by atoms with Crippen LogP contribution in [0.25, 0.3) is 0 Å². The Hall–Kier alpha value is -0.740. The van der Waals surface area contributed by atoms with Crippen LogP contribution < -0.4 is 14.8 Å². The highest BCUT2D eigenvalue weighted by Gasteiger charge is 2.12. The second kappa shape index (κ2) is 10.1. The topological polar surface area (TPSA) is 30.5 Å². The fraction of sp³-hybridized carbons (Fsp3) is 0.647. The van der Waals surface area contributed by atoms with Crippen molar-refractivity contribution in [3.05, 3.63) is 22.2 Å². The molecule has 120 valence electrons. The molecule has 3 nitrogen and oxygen atoms in total. The molecule has 0 radical (unpaired) electrons. The fourth-order valence-corrected chi connectivity index (χ4v) is 2.72. The zero-order valence-corrected chi connectivity index (χ0v) is 15.3. The Balaban J connectivity index is 2.58. The number of rotatable bonds is 10. The summed E-state index contributed by atoms with van der Waals surface area (Å²) < 4.78 is 12.2. The summed E-state index contributed by atoms with van der Waals surface area (Å²) in [7, 11) is 1.68. The molecule has 0 saturated heterocycles. The zero-order chi connectivity index (χ0) is 15.7. The van der Waals surface area contributed by atoms with Gasteiger partial charge in [-0.05, 0) is 60.4 Å². The molecule has 1 N–H and O–H groups in total. The van der Waals surface area contributed by atoms with Crippen LogP contribution in [0.1, 0.15) is 52.0 Å². The number of nitrogens with one attached hydrogen (secondary N) is 1. The number of benzene rings is 1. The van der Waals surface area contributed by atoms with Gasteiger partial charge in [0.15, 0.2) is 11.5 Å². The maximum atomic E-state index is 5.80. The first-order valence-corrected chi connectivity index (χ1v) is 8.61. The van der Waals surface area contributed by atoms with Crippen LogP contribution in [0, 0.1) is 0 Å². The lowest BCUT2D eigenvalue weighted by Gasteiger charge is -2.16. The van der Waals surface area contributed by atoms with Crippen molar-refractivity contribution in [2.75, 3.05) is 13.7 Å². The number of halogens is 1. The summed E-state index contributed by atoms with van der Waals surface area (Å²) in [5.74, 6) is 1.56. The number of unbranched alkanes of at least 4 members (excludes halogenated alkanes) is 3. The summed E-state index contributed by atoms with van der Waals surface area (Å²) >= 11 is 3.58. The van der Waals surface area contributed by atoms with Gasteiger partial charge in [0.2, 0.25) is 0 Å². The highest BCUT2D eigenvalue weighted by Crippen LogP contribution is 2.37. The fourth-order valence-electron chi connectivity index (χ4n) is 2.13. The first-order valence-electron chi connectivity index (χ1n) is 7.82. The molecule has 0 aliphatic rings. The quantitative estimate of drug-likeness (QED) is 0.603. The highest BCUT2D eigenvalue weighted by molar-refractivity contribution is 9.10. The Morgan fingerprint density at radius 2 is 1.95 bits per heavy atom. The highest BCUT2D eigenvalue weighted by atomic mass is 79.9. The van der Waals surface area contributed by atoms with Gasteiger partial charge in [-0.3, -0.25) is 0 Å². The molecule has 0 aliphatic heterocycles. The summed E-state index contributed by atoms with van der Waals surface area (Å²) in [6, 6.07) is 4.14. The van der Waals surface area contributed by atoms with E-state index in [9.17, 15) is 0 Å². The van der Waals surface area contributed by atoms with E-state index in [2.05, 4.69) is 34.2 Å². The van der Waals surface area contributed by atoms with Crippen molar-refractivity contribution >= 4 is 15.9 Å². The Morgan fingerprint density at radius 3 is 2.57 bits per heavy atom. The lowest BCUT2D eigenvalue weighted by Crippen LogP contribution is -2.15. The monoisotopic (exact) mass is 357 g/mol. The molecular weight excluding hydrogens is 330 g/mol. The molecule has 0 bridgehead atoms. The minimum absolute atomic E-state index is 0.123. The van der Waals surface area contributed by atoms with Crippen molar-refractivity contribution in [3.63, 3.8) is 0 Å². The molecule has 0 atom stereocenters. The van der Waals surface area contributed by atoms with Gasteiger partial charge in [0.25, 0.3) is 0 Å². The SMILES string of the molecule is CCCCCCNCc1cc(Br)c(OC(C)C)c(OC)c1. The van der Waals surface area contributed by atoms with E-state index < -0.39 is 0 Å². The molecule has 21 heavy (non-hydrogen) atoms. The number of hydrogen-bond acceptors (Lipinski definition) is 3. The van der Waals surface area contributed by atoms with Gasteiger partial charge in [-0.1, -0.05) is 26.2 Å². The first kappa shape index (κ1) is 18.3. The van der Waals surface area contributed by atoms with Gasteiger partial charge in [-0.2, -0.15) is 0 Å². The van der Waals surface area contributed by atoms with Crippen molar-refractivity contribution in [2.24, 2.45) is 0 Å². The molecule has 0 fully saturated rings. The lowest BCUT2D eigenvalue weighted by atomic mass is 10.2. The molecule has 0 saturated carbocycles. The van der Waals surface area contributed by atoms with Crippen molar-refractivity contribution < 1.29 is 9.47 Å². The van der Waals surface area contributed by atoms with Gasteiger partial charge < -0.3 is 14.8 Å². The van der Waals surface area contributed by atoms with Crippen LogP contribution >= 0.6 is 15.9 Å². The molecule has 1 rings (SSSR count). The van der Waals surface area contributed by atoms with E-state index in [1.54, 1.807) is 7.11 Å². The van der Waals surface area contributed by atoms with Gasteiger partial charge in [-0.15, -0.1) is 0 Å². The van der Waals surface area contributed by atoms with Crippen LogP contribution in [0.2, 0.25) is 0 Å². The zero-order valence-electron chi connectivity index (χ0n) is 13.7. The predicted octanol–water partition coefficient (Wildman–Crippen LogP) is 4.91. The average Bonchev–Trinajstić information content (AvgIpc) is 2.44. The van der Waals surface area contributed by atoms with Gasteiger partial charge in [0.1, 0.15) is 0 Å². The number of ether oxygens (including phenoxy) is 2. The Morgan fingerprint density at radius 1 is 1.19 bits per heavy atom. The van der Waals surface area contributed by atoms with Crippen LogP contribution in [0.5, 0.6) is 11.5 Å². The molecule has 0 aliphatic carbocycles. The number of methoxy groups -OCH3 is 1. The minimum Gasteiger partial charge on any atom is -0.493 e. The standard InChI is InChI=1S/C17H28BrNO2/c1-5-6-7-8-9-19-12-14-10-15(18)17(21-13(2)3)16(11-14)20-4/h10-11,13,19H,5-9,12H2,1-4H3. The molecule has 0 heterocycles. The first-order chi connectivity index (χ1) is 10.1. The Kier molecular flexibility index (Phi) is 8.77. The Bertz CT molecular complexity index is 421. The third-order valence-corrected chi connectivity index (χ3v) is 3.77. The van der Waals surface area contributed by atoms with E-state index in [0.717, 1.165) is 29.1 Å². The largest absolute Gasteiger partial charge is 0.493 e. The third-order valence-electron chi connectivity index (χ3n) is 3.18. The van der Waals surface area contributed by atoms with E-state index >= 15 is 0 Å². The van der Waals surface area contributed by atoms with Crippen molar-refractivity contribution in [1.82, 2.24) is 5.32 Å². The van der Waals surface area contributed by atoms with Gasteiger partial charge in [0, 0.05) is 6.54 Å². The number of hydrogen-bond donors (Lipinski definition) is 1. The lowest BCUT2D eigenvalue weighted by molar-refractivity contribution is 0.228. The van der Waals surface area contributed by atoms with Gasteiger partial charge >= 0.3 is 0 Å². The molecule has 0 amide bonds. The van der Waals surface area contributed by atoms with Crippen molar-refractivity contribution in [3.8, 4) is 11.5 Å². The average molecular weight is 358 g/mol. The van der Waals surface area contributed by atoms with E-state index in [0.29, 0.717) is 0 Å². The molecule has 0 unspecified atom stereocenters. The van der Waals surface area contributed by atoms with E-state index in [-0.39, 0.29) is 6.10 Å². The van der Waals surface area contributed by atoms with Crippen molar-refractivity contribution in [1.29, 1.82) is 0 Å². The van der Waals surface area contributed by atoms with Crippen LogP contribution in [-0.2, 0) is 6.54 Å². The third kappa shape index (κ3) is 6.70. The van der Waals surface area contributed by atoms with Gasteiger partial charge in [0.05, 0.1) is 17.7 Å². The molecule has 1 aromatic rings. The molecule has 0 spiro atoms. The van der Waals surface area contributed by atoms with Crippen LogP contribution in [-0.4, -0.2) is 19.8 Å². The smallest absolute Gasteiger partial charge is 0.175 e. The van der Waals surface area contributed by atoms with Crippen molar-refractivity contribution in [2.45, 2.75) is 59.1 Å². The summed E-state index contributed by atoms with van der Waals surface area (Å²) in [6.45, 7) is 8.17. The summed E-state index contributed by atoms with van der Waals surface area (Å²) in [5, 5.41) is 3.48. The minimum atomic E-state index is 0.123. The van der Waals surface area contributed by atoms with E-state index in [1.165, 1.54) is 31.2 Å².